The van der Waals surface area contributed by atoms with E-state index in [4.69, 9.17) is 5.26 Å². The van der Waals surface area contributed by atoms with Crippen LogP contribution in [0.15, 0.2) is 34.1 Å². The van der Waals surface area contributed by atoms with E-state index in [9.17, 15) is 14.9 Å². The van der Waals surface area contributed by atoms with Crippen LogP contribution in [0.1, 0.15) is 10.9 Å². The Morgan fingerprint density at radius 3 is 2.60 bits per heavy atom. The van der Waals surface area contributed by atoms with Gasteiger partial charge in [-0.05, 0) is 24.0 Å². The highest BCUT2D eigenvalue weighted by atomic mass is 32.2. The Kier molecular flexibility index (Phi) is 4.32. The number of carbonyl (C=O) groups is 1. The van der Waals surface area contributed by atoms with Gasteiger partial charge in [0.2, 0.25) is 0 Å². The van der Waals surface area contributed by atoms with Crippen LogP contribution in [0.4, 0.5) is 5.69 Å². The zero-order chi connectivity index (χ0) is 14.7. The van der Waals surface area contributed by atoms with Crippen molar-refractivity contribution in [3.63, 3.8) is 0 Å². The van der Waals surface area contributed by atoms with Gasteiger partial charge in [0, 0.05) is 12.1 Å². The molecule has 1 N–H and O–H groups in total. The molecule has 1 aliphatic heterocycles. The first kappa shape index (κ1) is 14.4. The molecule has 1 atom stereocenters. The number of carbonyl (C=O) groups excluding carboxylic acids is 1. The summed E-state index contributed by atoms with van der Waals surface area (Å²) in [5.41, 5.74) is 0.859. The van der Waals surface area contributed by atoms with Gasteiger partial charge in [-0.25, -0.2) is 0 Å². The van der Waals surface area contributed by atoms with Crippen molar-refractivity contribution in [1.29, 1.82) is 5.26 Å². The Labute approximate surface area is 123 Å². The Morgan fingerprint density at radius 2 is 2.10 bits per heavy atom. The molecule has 1 heterocycles. The molecule has 0 saturated carbocycles. The molecule has 102 valence electrons. The summed E-state index contributed by atoms with van der Waals surface area (Å²) in [5.74, 6) is -0.418. The van der Waals surface area contributed by atoms with E-state index in [1.165, 1.54) is 35.7 Å². The fourth-order valence-corrected chi connectivity index (χ4v) is 3.59. The maximum atomic E-state index is 11.8. The average molecular weight is 307 g/mol. The third-order valence-electron chi connectivity index (χ3n) is 2.62. The molecule has 8 heteroatoms. The minimum Gasteiger partial charge on any atom is -0.335 e. The van der Waals surface area contributed by atoms with Gasteiger partial charge in [-0.15, -0.1) is 11.8 Å². The number of nitrogens with zero attached hydrogens (tertiary/aromatic N) is 2. The second kappa shape index (κ2) is 5.98. The number of non-ortho nitro benzene ring substituents is 1. The SMILES string of the molecule is CSC1=C(C#N)C(=O)N[C@@H](c2ccc([N+](=O)[O-])cc2)S1. The van der Waals surface area contributed by atoms with Crippen LogP contribution in [0.25, 0.3) is 0 Å². The van der Waals surface area contributed by atoms with Crippen LogP contribution in [0.2, 0.25) is 0 Å². The monoisotopic (exact) mass is 307 g/mol. The van der Waals surface area contributed by atoms with Crippen LogP contribution in [0, 0.1) is 21.4 Å². The quantitative estimate of drug-likeness (QED) is 0.681. The van der Waals surface area contributed by atoms with Crippen molar-refractivity contribution in [2.24, 2.45) is 0 Å². The molecule has 0 bridgehead atoms. The Balaban J connectivity index is 2.28. The fourth-order valence-electron chi connectivity index (χ4n) is 1.65. The van der Waals surface area contributed by atoms with Gasteiger partial charge >= 0.3 is 0 Å². The lowest BCUT2D eigenvalue weighted by molar-refractivity contribution is -0.384. The van der Waals surface area contributed by atoms with Crippen molar-refractivity contribution in [2.45, 2.75) is 5.37 Å². The van der Waals surface area contributed by atoms with Crippen molar-refractivity contribution in [1.82, 2.24) is 5.32 Å². The molecule has 0 saturated heterocycles. The zero-order valence-electron chi connectivity index (χ0n) is 10.3. The molecule has 0 fully saturated rings. The number of nitro groups is 1. The van der Waals surface area contributed by atoms with Gasteiger partial charge in [0.15, 0.2) is 0 Å². The van der Waals surface area contributed by atoms with Crippen molar-refractivity contribution in [3.05, 3.63) is 49.8 Å². The predicted molar refractivity (Wildman–Crippen MR) is 77.7 cm³/mol. The second-order valence-corrected chi connectivity index (χ2v) is 5.99. The molecular weight excluding hydrogens is 298 g/mol. The molecule has 1 aromatic carbocycles. The van der Waals surface area contributed by atoms with E-state index in [0.717, 1.165) is 5.56 Å². The first-order valence-corrected chi connectivity index (χ1v) is 7.57. The van der Waals surface area contributed by atoms with Crippen LogP contribution in [0.3, 0.4) is 0 Å². The summed E-state index contributed by atoms with van der Waals surface area (Å²) in [4.78, 5) is 22.0. The molecular formula is C12H9N3O3S2. The minimum atomic E-state index is -0.475. The Morgan fingerprint density at radius 1 is 1.45 bits per heavy atom. The smallest absolute Gasteiger partial charge is 0.269 e. The van der Waals surface area contributed by atoms with Crippen molar-refractivity contribution in [3.8, 4) is 6.07 Å². The van der Waals surface area contributed by atoms with Gasteiger partial charge in [0.1, 0.15) is 17.0 Å². The van der Waals surface area contributed by atoms with Crippen molar-refractivity contribution < 1.29 is 9.72 Å². The van der Waals surface area contributed by atoms with Gasteiger partial charge in [0.25, 0.3) is 11.6 Å². The summed E-state index contributed by atoms with van der Waals surface area (Å²) in [6, 6.07) is 7.88. The summed E-state index contributed by atoms with van der Waals surface area (Å²) in [5, 5.41) is 21.9. The molecule has 0 spiro atoms. The fraction of sp³-hybridized carbons (Fsp3) is 0.167. The van der Waals surface area contributed by atoms with Gasteiger partial charge in [0.05, 0.1) is 9.16 Å². The Hall–Kier alpha value is -1.98. The second-order valence-electron chi connectivity index (χ2n) is 3.80. The number of hydrogen-bond acceptors (Lipinski definition) is 6. The molecule has 20 heavy (non-hydrogen) atoms. The van der Waals surface area contributed by atoms with E-state index in [1.807, 2.05) is 6.07 Å². The number of nitriles is 1. The van der Waals surface area contributed by atoms with Crippen LogP contribution >= 0.6 is 23.5 Å². The molecule has 0 radical (unpaired) electrons. The lowest BCUT2D eigenvalue weighted by Crippen LogP contribution is -2.31. The van der Waals surface area contributed by atoms with Crippen LogP contribution in [-0.2, 0) is 4.79 Å². The zero-order valence-corrected chi connectivity index (χ0v) is 12.0. The van der Waals surface area contributed by atoms with Crippen molar-refractivity contribution in [2.75, 3.05) is 6.26 Å². The lowest BCUT2D eigenvalue weighted by atomic mass is 10.2. The summed E-state index contributed by atoms with van der Waals surface area (Å²) in [6.45, 7) is 0. The topological polar surface area (TPSA) is 96.0 Å². The van der Waals surface area contributed by atoms with Gasteiger partial charge in [-0.2, -0.15) is 5.26 Å². The minimum absolute atomic E-state index is 0.000711. The van der Waals surface area contributed by atoms with Crippen LogP contribution < -0.4 is 5.32 Å². The highest BCUT2D eigenvalue weighted by molar-refractivity contribution is 8.22. The normalized spacial score (nSPS) is 18.4. The first-order valence-electron chi connectivity index (χ1n) is 5.47. The van der Waals surface area contributed by atoms with Crippen LogP contribution in [0.5, 0.6) is 0 Å². The maximum absolute atomic E-state index is 11.8. The standard InChI is InChI=1S/C12H9N3O3S2/c1-19-12-9(6-13)10(16)14-11(20-12)7-2-4-8(5-3-7)15(17)18/h2-5,11H,1H3,(H,14,16)/t11-/m1/s1. The summed E-state index contributed by atoms with van der Waals surface area (Å²) < 4.78 is 0.652. The number of benzene rings is 1. The van der Waals surface area contributed by atoms with Crippen molar-refractivity contribution >= 4 is 35.1 Å². The van der Waals surface area contributed by atoms with E-state index in [2.05, 4.69) is 5.32 Å². The average Bonchev–Trinajstić information content (AvgIpc) is 2.46. The first-order chi connectivity index (χ1) is 9.56. The molecule has 1 aliphatic rings. The summed E-state index contributed by atoms with van der Waals surface area (Å²) >= 11 is 2.69. The predicted octanol–water partition coefficient (Wildman–Crippen LogP) is 2.55. The van der Waals surface area contributed by atoms with E-state index in [1.54, 1.807) is 18.4 Å². The third kappa shape index (κ3) is 2.79. The Bertz CT molecular complexity index is 634. The van der Waals surface area contributed by atoms with Gasteiger partial charge in [-0.1, -0.05) is 11.8 Å². The van der Waals surface area contributed by atoms with Gasteiger partial charge in [-0.3, -0.25) is 14.9 Å². The molecule has 6 nitrogen and oxygen atoms in total. The number of thioether (sulfide) groups is 2. The number of rotatable bonds is 3. The van der Waals surface area contributed by atoms with Gasteiger partial charge < -0.3 is 5.32 Å². The number of nitrogens with one attached hydrogen (secondary N) is 1. The molecule has 0 aliphatic carbocycles. The highest BCUT2D eigenvalue weighted by Crippen LogP contribution is 2.42. The molecule has 1 aromatic rings. The van der Waals surface area contributed by atoms with E-state index in [-0.39, 0.29) is 16.6 Å². The largest absolute Gasteiger partial charge is 0.335 e. The van der Waals surface area contributed by atoms with E-state index in [0.29, 0.717) is 4.24 Å². The molecule has 0 aromatic heterocycles. The number of hydrogen-bond donors (Lipinski definition) is 1. The maximum Gasteiger partial charge on any atom is 0.269 e. The summed E-state index contributed by atoms with van der Waals surface area (Å²) in [6.07, 6.45) is 1.80. The summed E-state index contributed by atoms with van der Waals surface area (Å²) in [7, 11) is 0. The molecule has 2 rings (SSSR count). The number of amides is 1. The number of nitro benzene ring substituents is 1. The van der Waals surface area contributed by atoms with E-state index >= 15 is 0 Å². The lowest BCUT2D eigenvalue weighted by Gasteiger charge is -2.24. The highest BCUT2D eigenvalue weighted by Gasteiger charge is 2.28. The molecule has 1 amide bonds. The van der Waals surface area contributed by atoms with E-state index < -0.39 is 10.8 Å². The van der Waals surface area contributed by atoms with Crippen LogP contribution in [-0.4, -0.2) is 17.1 Å². The molecule has 0 unspecified atom stereocenters. The third-order valence-corrected chi connectivity index (χ3v) is 5.03.